The maximum atomic E-state index is 12.4. The Hall–Kier alpha value is -2.67. The molecule has 6 nitrogen and oxygen atoms in total. The van der Waals surface area contributed by atoms with Crippen molar-refractivity contribution in [3.63, 3.8) is 0 Å². The van der Waals surface area contributed by atoms with Gasteiger partial charge in [0.1, 0.15) is 0 Å². The van der Waals surface area contributed by atoms with Crippen LogP contribution in [0.4, 0.5) is 5.69 Å². The van der Waals surface area contributed by atoms with Crippen molar-refractivity contribution in [1.29, 1.82) is 0 Å². The minimum absolute atomic E-state index is 0.0794. The molecule has 140 valence electrons. The first-order chi connectivity index (χ1) is 13.2. The van der Waals surface area contributed by atoms with E-state index in [1.54, 1.807) is 0 Å². The van der Waals surface area contributed by atoms with Crippen LogP contribution in [-0.2, 0) is 11.3 Å². The summed E-state index contributed by atoms with van der Waals surface area (Å²) in [5.41, 5.74) is 2.74. The second kappa shape index (κ2) is 7.92. The van der Waals surface area contributed by atoms with Crippen molar-refractivity contribution in [2.75, 3.05) is 24.3 Å². The van der Waals surface area contributed by atoms with Crippen LogP contribution in [-0.4, -0.2) is 34.4 Å². The summed E-state index contributed by atoms with van der Waals surface area (Å²) in [4.78, 5) is 17.0. The van der Waals surface area contributed by atoms with E-state index in [1.807, 2.05) is 42.5 Å². The molecule has 4 rings (SSSR count). The molecule has 3 aromatic rings. The van der Waals surface area contributed by atoms with Crippen molar-refractivity contribution in [1.82, 2.24) is 9.55 Å². The number of amides is 1. The van der Waals surface area contributed by atoms with Gasteiger partial charge in [0, 0.05) is 24.7 Å². The summed E-state index contributed by atoms with van der Waals surface area (Å²) >= 11 is 1.44. The molecular weight excluding hydrogens is 362 g/mol. The van der Waals surface area contributed by atoms with Gasteiger partial charge in [-0.3, -0.25) is 4.79 Å². The summed E-state index contributed by atoms with van der Waals surface area (Å²) < 4.78 is 13.4. The second-order valence-electron chi connectivity index (χ2n) is 6.18. The number of hydrogen-bond acceptors (Lipinski definition) is 5. The van der Waals surface area contributed by atoms with Gasteiger partial charge in [-0.15, -0.1) is 0 Å². The van der Waals surface area contributed by atoms with Crippen LogP contribution in [0.3, 0.4) is 0 Å². The molecule has 0 saturated carbocycles. The van der Waals surface area contributed by atoms with E-state index in [4.69, 9.17) is 9.47 Å². The van der Waals surface area contributed by atoms with Crippen LogP contribution < -0.4 is 14.8 Å². The first kappa shape index (κ1) is 17.7. The Morgan fingerprint density at radius 1 is 1.19 bits per heavy atom. The number of nitrogens with zero attached hydrogens (tertiary/aromatic N) is 2. The minimum atomic E-state index is -0.0794. The van der Waals surface area contributed by atoms with E-state index in [-0.39, 0.29) is 11.7 Å². The molecule has 1 amide bonds. The standard InChI is InChI=1S/C20H21N3O3S/c1-2-23-16-7-4-3-6-15(16)22-20(23)27-13-19(24)21-14-8-9-17-18(12-14)26-11-5-10-25-17/h3-4,6-9,12H,2,5,10-11,13H2,1H3,(H,21,24). The molecule has 1 aliphatic rings. The van der Waals surface area contributed by atoms with E-state index >= 15 is 0 Å². The number of aryl methyl sites for hydroxylation is 1. The summed E-state index contributed by atoms with van der Waals surface area (Å²) in [6.45, 7) is 4.16. The van der Waals surface area contributed by atoms with Crippen molar-refractivity contribution < 1.29 is 14.3 Å². The molecule has 0 fully saturated rings. The number of ether oxygens (including phenoxy) is 2. The third-order valence-corrected chi connectivity index (χ3v) is 5.28. The molecule has 2 heterocycles. The molecule has 1 N–H and O–H groups in total. The number of fused-ring (bicyclic) bond motifs is 2. The van der Waals surface area contributed by atoms with Crippen molar-refractivity contribution in [2.24, 2.45) is 0 Å². The molecule has 0 radical (unpaired) electrons. The second-order valence-corrected chi connectivity index (χ2v) is 7.12. The lowest BCUT2D eigenvalue weighted by Gasteiger charge is -2.10. The molecule has 0 atom stereocenters. The first-order valence-corrected chi connectivity index (χ1v) is 10.0. The smallest absolute Gasteiger partial charge is 0.234 e. The third-order valence-electron chi connectivity index (χ3n) is 4.30. The Labute approximate surface area is 161 Å². The number of hydrogen-bond donors (Lipinski definition) is 1. The number of benzene rings is 2. The highest BCUT2D eigenvalue weighted by Gasteiger charge is 2.14. The Morgan fingerprint density at radius 3 is 2.85 bits per heavy atom. The number of para-hydroxylation sites is 2. The molecule has 0 bridgehead atoms. The third kappa shape index (κ3) is 3.88. The summed E-state index contributed by atoms with van der Waals surface area (Å²) in [5.74, 6) is 1.60. The number of carbonyl (C=O) groups is 1. The summed E-state index contributed by atoms with van der Waals surface area (Å²) in [6.07, 6.45) is 0.853. The van der Waals surface area contributed by atoms with Gasteiger partial charge in [0.2, 0.25) is 5.91 Å². The topological polar surface area (TPSA) is 65.4 Å². The van der Waals surface area contributed by atoms with E-state index in [9.17, 15) is 4.79 Å². The molecule has 0 aliphatic carbocycles. The van der Waals surface area contributed by atoms with Gasteiger partial charge in [0.05, 0.1) is 30.0 Å². The summed E-state index contributed by atoms with van der Waals surface area (Å²) in [5, 5.41) is 3.78. The summed E-state index contributed by atoms with van der Waals surface area (Å²) in [7, 11) is 0. The lowest BCUT2D eigenvalue weighted by molar-refractivity contribution is -0.113. The molecule has 0 saturated heterocycles. The Morgan fingerprint density at radius 2 is 2.00 bits per heavy atom. The van der Waals surface area contributed by atoms with E-state index in [0.29, 0.717) is 24.7 Å². The lowest BCUT2D eigenvalue weighted by Crippen LogP contribution is -2.14. The van der Waals surface area contributed by atoms with Crippen LogP contribution in [0, 0.1) is 0 Å². The highest BCUT2D eigenvalue weighted by Crippen LogP contribution is 2.32. The molecule has 7 heteroatoms. The quantitative estimate of drug-likeness (QED) is 0.676. The highest BCUT2D eigenvalue weighted by atomic mass is 32.2. The van der Waals surface area contributed by atoms with Crippen molar-refractivity contribution in [2.45, 2.75) is 25.0 Å². The number of aromatic nitrogens is 2. The summed E-state index contributed by atoms with van der Waals surface area (Å²) in [6, 6.07) is 13.5. The number of thioether (sulfide) groups is 1. The fraction of sp³-hybridized carbons (Fsp3) is 0.300. The van der Waals surface area contributed by atoms with Crippen molar-refractivity contribution in [3.05, 3.63) is 42.5 Å². The van der Waals surface area contributed by atoms with Gasteiger partial charge in [-0.1, -0.05) is 23.9 Å². The number of nitrogens with one attached hydrogen (secondary N) is 1. The number of imidazole rings is 1. The maximum absolute atomic E-state index is 12.4. The molecule has 0 unspecified atom stereocenters. The Kier molecular flexibility index (Phi) is 5.20. The predicted molar refractivity (Wildman–Crippen MR) is 107 cm³/mol. The first-order valence-electron chi connectivity index (χ1n) is 9.02. The van der Waals surface area contributed by atoms with Crippen LogP contribution in [0.5, 0.6) is 11.5 Å². The molecule has 1 aromatic heterocycles. The SMILES string of the molecule is CCn1c(SCC(=O)Nc2ccc3c(c2)OCCCO3)nc2ccccc21. The fourth-order valence-electron chi connectivity index (χ4n) is 3.04. The fourth-order valence-corrected chi connectivity index (χ4v) is 3.92. The zero-order valence-electron chi connectivity index (χ0n) is 15.1. The molecule has 27 heavy (non-hydrogen) atoms. The van der Waals surface area contributed by atoms with E-state index < -0.39 is 0 Å². The van der Waals surface area contributed by atoms with Gasteiger partial charge in [-0.25, -0.2) is 4.98 Å². The zero-order valence-corrected chi connectivity index (χ0v) is 15.9. The van der Waals surface area contributed by atoms with Crippen LogP contribution in [0.1, 0.15) is 13.3 Å². The molecule has 1 aliphatic heterocycles. The van der Waals surface area contributed by atoms with Crippen LogP contribution in [0.15, 0.2) is 47.6 Å². The highest BCUT2D eigenvalue weighted by molar-refractivity contribution is 7.99. The van der Waals surface area contributed by atoms with E-state index in [1.165, 1.54) is 11.8 Å². The predicted octanol–water partition coefficient (Wildman–Crippen LogP) is 3.95. The van der Waals surface area contributed by atoms with Crippen LogP contribution in [0.25, 0.3) is 11.0 Å². The van der Waals surface area contributed by atoms with Crippen molar-refractivity contribution in [3.8, 4) is 11.5 Å². The number of carbonyl (C=O) groups excluding carboxylic acids is 1. The number of anilines is 1. The van der Waals surface area contributed by atoms with Gasteiger partial charge in [-0.2, -0.15) is 0 Å². The monoisotopic (exact) mass is 383 g/mol. The van der Waals surface area contributed by atoms with Gasteiger partial charge in [0.15, 0.2) is 16.7 Å². The Bertz CT molecular complexity index is 970. The normalized spacial score (nSPS) is 13.4. The number of rotatable bonds is 5. The van der Waals surface area contributed by atoms with Gasteiger partial charge < -0.3 is 19.4 Å². The minimum Gasteiger partial charge on any atom is -0.490 e. The average Bonchev–Trinajstić information content (AvgIpc) is 2.87. The van der Waals surface area contributed by atoms with Crippen LogP contribution >= 0.6 is 11.8 Å². The zero-order chi connectivity index (χ0) is 18.6. The van der Waals surface area contributed by atoms with E-state index in [0.717, 1.165) is 34.9 Å². The molecular formula is C20H21N3O3S. The van der Waals surface area contributed by atoms with Gasteiger partial charge in [-0.05, 0) is 31.2 Å². The largest absolute Gasteiger partial charge is 0.490 e. The average molecular weight is 383 g/mol. The molecule has 0 spiro atoms. The van der Waals surface area contributed by atoms with Gasteiger partial charge >= 0.3 is 0 Å². The lowest BCUT2D eigenvalue weighted by atomic mass is 10.2. The van der Waals surface area contributed by atoms with Crippen LogP contribution in [0.2, 0.25) is 0 Å². The molecule has 2 aromatic carbocycles. The van der Waals surface area contributed by atoms with Crippen molar-refractivity contribution >= 4 is 34.4 Å². The maximum Gasteiger partial charge on any atom is 0.234 e. The van der Waals surface area contributed by atoms with Gasteiger partial charge in [0.25, 0.3) is 0 Å². The Balaban J connectivity index is 1.42. The van der Waals surface area contributed by atoms with E-state index in [2.05, 4.69) is 21.8 Å².